The zero-order valence-corrected chi connectivity index (χ0v) is 47.8. The van der Waals surface area contributed by atoms with Crippen LogP contribution < -0.4 is 0 Å². The minimum absolute atomic E-state index is 0.490. The first-order valence-electron chi connectivity index (χ1n) is 30.2. The van der Waals surface area contributed by atoms with E-state index in [2.05, 4.69) is 209 Å². The second kappa shape index (κ2) is 18.6. The van der Waals surface area contributed by atoms with Crippen molar-refractivity contribution in [2.75, 3.05) is 0 Å². The summed E-state index contributed by atoms with van der Waals surface area (Å²) in [4.78, 5) is 16.5. The highest BCUT2D eigenvalue weighted by Gasteiger charge is 2.25. The average Bonchev–Trinajstić information content (AvgIpc) is 2.18. The molecule has 13 aromatic carbocycles. The molecule has 0 saturated carbocycles. The molecule has 0 saturated heterocycles. The summed E-state index contributed by atoms with van der Waals surface area (Å²) in [5, 5.41) is 12.6. The second-order valence-corrected chi connectivity index (χ2v) is 23.4. The topological polar surface area (TPSA) is 101 Å². The van der Waals surface area contributed by atoms with Gasteiger partial charge in [0.2, 0.25) is 5.95 Å². The Morgan fingerprint density at radius 1 is 0.222 bits per heavy atom. The van der Waals surface area contributed by atoms with E-state index in [0.29, 0.717) is 17.6 Å². The van der Waals surface area contributed by atoms with Gasteiger partial charge in [-0.05, 0) is 161 Å². The van der Waals surface area contributed by atoms with Gasteiger partial charge in [-0.3, -0.25) is 4.57 Å². The molecule has 0 aliphatic rings. The first-order chi connectivity index (χ1) is 44.5. The number of para-hydroxylation sites is 5. The minimum atomic E-state index is 0.490. The van der Waals surface area contributed by atoms with Crippen LogP contribution in [0.5, 0.6) is 0 Å². The fraction of sp³-hybridized carbons (Fsp3) is 0. The van der Waals surface area contributed by atoms with E-state index in [-0.39, 0.29) is 0 Å². The smallest absolute Gasteiger partial charge is 0.238 e. The maximum atomic E-state index is 6.55. The van der Waals surface area contributed by atoms with Gasteiger partial charge in [0.25, 0.3) is 0 Å². The lowest BCUT2D eigenvalue weighted by Crippen LogP contribution is -2.06. The molecule has 90 heavy (non-hydrogen) atoms. The summed E-state index contributed by atoms with van der Waals surface area (Å²) in [7, 11) is 0. The zero-order chi connectivity index (χ0) is 58.7. The fourth-order valence-corrected chi connectivity index (χ4v) is 14.2. The first-order valence-corrected chi connectivity index (χ1v) is 30.2. The third-order valence-electron chi connectivity index (χ3n) is 18.4. The molecule has 0 radical (unpaired) electrons. The van der Waals surface area contributed by atoms with E-state index in [4.69, 9.17) is 32.6 Å². The van der Waals surface area contributed by atoms with Gasteiger partial charge in [-0.25, -0.2) is 4.98 Å². The molecule has 7 aromatic heterocycles. The number of benzene rings is 13. The van der Waals surface area contributed by atoms with E-state index in [9.17, 15) is 0 Å². The summed E-state index contributed by atoms with van der Waals surface area (Å²) in [6.45, 7) is 0. The molecule has 20 rings (SSSR count). The lowest BCUT2D eigenvalue weighted by molar-refractivity contribution is 0.668. The maximum absolute atomic E-state index is 6.55. The Morgan fingerprint density at radius 3 is 1.12 bits per heavy atom. The lowest BCUT2D eigenvalue weighted by atomic mass is 9.95. The van der Waals surface area contributed by atoms with Crippen LogP contribution in [0.1, 0.15) is 0 Å². The highest BCUT2D eigenvalue weighted by atomic mass is 16.3. The van der Waals surface area contributed by atoms with Crippen molar-refractivity contribution >= 4 is 131 Å². The predicted molar refractivity (Wildman–Crippen MR) is 365 cm³/mol. The average molecular weight is 1150 g/mol. The van der Waals surface area contributed by atoms with Gasteiger partial charge in [0.1, 0.15) is 44.7 Å². The molecule has 0 atom stereocenters. The van der Waals surface area contributed by atoms with Gasteiger partial charge in [-0.15, -0.1) is 0 Å². The number of rotatable bonds is 7. The van der Waals surface area contributed by atoms with Gasteiger partial charge in [-0.2, -0.15) is 9.97 Å². The molecular formula is C81H45N5O4. The van der Waals surface area contributed by atoms with Crippen LogP contribution in [-0.2, 0) is 0 Å². The number of nitrogens with zero attached hydrogens (tertiary/aromatic N) is 5. The Labute approximate surface area is 511 Å². The van der Waals surface area contributed by atoms with Crippen molar-refractivity contribution in [1.82, 2.24) is 24.1 Å². The highest BCUT2D eigenvalue weighted by Crippen LogP contribution is 2.45. The van der Waals surface area contributed by atoms with E-state index >= 15 is 0 Å². The summed E-state index contributed by atoms with van der Waals surface area (Å²) in [6, 6.07) is 96.1. The van der Waals surface area contributed by atoms with Crippen LogP contribution in [0.25, 0.3) is 199 Å². The first kappa shape index (κ1) is 48.9. The van der Waals surface area contributed by atoms with Crippen molar-refractivity contribution in [1.29, 1.82) is 0 Å². The molecule has 0 amide bonds. The molecular weight excluding hydrogens is 1110 g/mol. The van der Waals surface area contributed by atoms with Crippen LogP contribution in [-0.4, -0.2) is 24.1 Å². The Hall–Kier alpha value is -12.3. The van der Waals surface area contributed by atoms with Gasteiger partial charge in [0, 0.05) is 81.4 Å². The summed E-state index contributed by atoms with van der Waals surface area (Å²) in [5.74, 6) is 1.55. The SMILES string of the molecule is c1ccc(-c2ccc3oc4ccc(-c5cc(-c6ccc7oc8ccccc8c7c6)cc(-n6c7ccccc7c7c6ccc6c8ccccc8n(-c8nc(-c9ccc%10oc%11ccccc%11c%10c9)nc(-c9ccc%10oc%11ccccc%11c%10c9)n8)c67)c5)cc4c3c2)cc1. The Morgan fingerprint density at radius 2 is 0.611 bits per heavy atom. The van der Waals surface area contributed by atoms with Crippen LogP contribution in [0.2, 0.25) is 0 Å². The van der Waals surface area contributed by atoms with Crippen molar-refractivity contribution in [3.05, 3.63) is 273 Å². The molecule has 9 nitrogen and oxygen atoms in total. The normalized spacial score (nSPS) is 12.2. The summed E-state index contributed by atoms with van der Waals surface area (Å²) < 4.78 is 30.3. The van der Waals surface area contributed by atoms with Crippen molar-refractivity contribution in [3.63, 3.8) is 0 Å². The zero-order valence-electron chi connectivity index (χ0n) is 47.8. The molecule has 0 unspecified atom stereocenters. The summed E-state index contributed by atoms with van der Waals surface area (Å²) in [5.41, 5.74) is 19.9. The van der Waals surface area contributed by atoms with E-state index in [1.54, 1.807) is 0 Å². The van der Waals surface area contributed by atoms with E-state index in [1.165, 1.54) is 0 Å². The second-order valence-electron chi connectivity index (χ2n) is 23.4. The minimum Gasteiger partial charge on any atom is -0.456 e. The standard InChI is InChI=1S/C81H45N5O4/c1-2-14-46(15-3-1)47-26-33-75-64(41-47)65-43-49(28-35-76(65)90-75)53-38-52(48-27-34-72-61(42-48)56-17-6-11-23-69(56)87-72)39-54(40-53)85-67-22-10-5-20-60(67)77-68(85)32-31-59-55-16-4-9-21-66(55)86(78(59)77)81-83-79(50-29-36-73-62(44-50)57-18-7-12-24-70(57)88-73)82-80(84-81)51-30-37-74-63(45-51)58-19-8-13-25-71(58)89-74/h1-45H. The number of aromatic nitrogens is 5. The van der Waals surface area contributed by atoms with E-state index in [1.807, 2.05) is 72.8 Å². The summed E-state index contributed by atoms with van der Waals surface area (Å²) in [6.07, 6.45) is 0. The van der Waals surface area contributed by atoms with Crippen molar-refractivity contribution in [2.24, 2.45) is 0 Å². The maximum Gasteiger partial charge on any atom is 0.238 e. The van der Waals surface area contributed by atoms with Crippen molar-refractivity contribution < 1.29 is 17.7 Å². The van der Waals surface area contributed by atoms with Gasteiger partial charge in [-0.1, -0.05) is 146 Å². The molecule has 9 heteroatoms. The molecule has 0 fully saturated rings. The number of furan rings is 4. The number of hydrogen-bond acceptors (Lipinski definition) is 7. The quantitative estimate of drug-likeness (QED) is 0.157. The van der Waals surface area contributed by atoms with E-state index in [0.717, 1.165) is 182 Å². The molecule has 0 spiro atoms. The third-order valence-corrected chi connectivity index (χ3v) is 18.4. The highest BCUT2D eigenvalue weighted by molar-refractivity contribution is 6.26. The molecule has 0 bridgehead atoms. The monoisotopic (exact) mass is 1150 g/mol. The molecule has 0 aliphatic heterocycles. The van der Waals surface area contributed by atoms with Gasteiger partial charge in [0.15, 0.2) is 11.6 Å². The molecule has 20 aromatic rings. The fourth-order valence-electron chi connectivity index (χ4n) is 14.2. The Balaban J connectivity index is 0.840. The Kier molecular flexibility index (Phi) is 10.1. The van der Waals surface area contributed by atoms with Gasteiger partial charge >= 0.3 is 0 Å². The molecule has 0 N–H and O–H groups in total. The van der Waals surface area contributed by atoms with Crippen LogP contribution in [0.4, 0.5) is 0 Å². The van der Waals surface area contributed by atoms with Crippen LogP contribution in [0.3, 0.4) is 0 Å². The van der Waals surface area contributed by atoms with Crippen molar-refractivity contribution in [2.45, 2.75) is 0 Å². The molecule has 418 valence electrons. The third kappa shape index (κ3) is 7.28. The van der Waals surface area contributed by atoms with E-state index < -0.39 is 0 Å². The van der Waals surface area contributed by atoms with Gasteiger partial charge < -0.3 is 22.2 Å². The number of hydrogen-bond donors (Lipinski definition) is 0. The van der Waals surface area contributed by atoms with Crippen molar-refractivity contribution in [3.8, 4) is 67.8 Å². The van der Waals surface area contributed by atoms with Gasteiger partial charge in [0.05, 0.1) is 22.1 Å². The lowest BCUT2D eigenvalue weighted by Gasteiger charge is -2.14. The molecule has 0 aliphatic carbocycles. The van der Waals surface area contributed by atoms with Crippen LogP contribution >= 0.6 is 0 Å². The summed E-state index contributed by atoms with van der Waals surface area (Å²) >= 11 is 0. The van der Waals surface area contributed by atoms with Crippen LogP contribution in [0, 0.1) is 0 Å². The number of fused-ring (bicyclic) bond motifs is 19. The largest absolute Gasteiger partial charge is 0.456 e. The van der Waals surface area contributed by atoms with Crippen LogP contribution in [0.15, 0.2) is 291 Å². The molecule has 7 heterocycles. The Bertz CT molecular complexity index is 6300. The predicted octanol–water partition coefficient (Wildman–Crippen LogP) is 22.0.